The quantitative estimate of drug-likeness (QED) is 0.793. The van der Waals surface area contributed by atoms with Crippen LogP contribution in [0, 0.1) is 6.92 Å². The minimum absolute atomic E-state index is 0.242. The van der Waals surface area contributed by atoms with Gasteiger partial charge in [-0.25, -0.2) is 0 Å². The van der Waals surface area contributed by atoms with Gasteiger partial charge in [-0.05, 0) is 33.7 Å². The zero-order chi connectivity index (χ0) is 12.8. The Kier molecular flexibility index (Phi) is 5.65. The first-order chi connectivity index (χ1) is 8.04. The summed E-state index contributed by atoms with van der Waals surface area (Å²) in [6.45, 7) is 10.0. The van der Waals surface area contributed by atoms with Crippen molar-refractivity contribution >= 4 is 0 Å². The smallest absolute Gasteiger partial charge is 0.0666 e. The molecule has 0 saturated carbocycles. The summed E-state index contributed by atoms with van der Waals surface area (Å²) in [7, 11) is 1.96. The van der Waals surface area contributed by atoms with Crippen molar-refractivity contribution < 1.29 is 4.74 Å². The third kappa shape index (κ3) is 4.48. The highest BCUT2D eigenvalue weighted by Crippen LogP contribution is 2.17. The molecule has 0 aliphatic heterocycles. The first-order valence-corrected chi connectivity index (χ1v) is 6.39. The Bertz CT molecular complexity index is 333. The summed E-state index contributed by atoms with van der Waals surface area (Å²) in [5.41, 5.74) is 2.31. The van der Waals surface area contributed by atoms with Gasteiger partial charge in [0.25, 0.3) is 0 Å². The first-order valence-electron chi connectivity index (χ1n) is 6.39. The van der Waals surface area contributed by atoms with Crippen LogP contribution in [0.3, 0.4) is 0 Å². The second kappa shape index (κ2) is 6.77. The van der Waals surface area contributed by atoms with Crippen molar-refractivity contribution in [3.05, 3.63) is 17.5 Å². The third-order valence-electron chi connectivity index (χ3n) is 2.66. The maximum atomic E-state index is 5.72. The van der Waals surface area contributed by atoms with Crippen LogP contribution in [-0.4, -0.2) is 29.0 Å². The fraction of sp³-hybridized carbons (Fsp3) is 0.769. The molecule has 1 aromatic rings. The number of nitrogens with zero attached hydrogens (tertiary/aromatic N) is 2. The highest BCUT2D eigenvalue weighted by Gasteiger charge is 2.16. The molecule has 17 heavy (non-hydrogen) atoms. The molecule has 0 aliphatic rings. The van der Waals surface area contributed by atoms with E-state index in [2.05, 4.69) is 37.4 Å². The van der Waals surface area contributed by atoms with Crippen molar-refractivity contribution in [2.45, 2.75) is 46.3 Å². The molecule has 98 valence electrons. The van der Waals surface area contributed by atoms with E-state index in [0.29, 0.717) is 6.61 Å². The Morgan fingerprint density at radius 3 is 2.65 bits per heavy atom. The van der Waals surface area contributed by atoms with E-state index in [0.717, 1.165) is 18.7 Å². The van der Waals surface area contributed by atoms with Crippen molar-refractivity contribution in [2.75, 3.05) is 13.2 Å². The van der Waals surface area contributed by atoms with Gasteiger partial charge >= 0.3 is 0 Å². The van der Waals surface area contributed by atoms with Crippen LogP contribution in [0.5, 0.6) is 0 Å². The maximum absolute atomic E-state index is 5.72. The van der Waals surface area contributed by atoms with E-state index in [1.54, 1.807) is 0 Å². The first kappa shape index (κ1) is 14.2. The summed E-state index contributed by atoms with van der Waals surface area (Å²) >= 11 is 0. The zero-order valence-corrected chi connectivity index (χ0v) is 11.7. The summed E-state index contributed by atoms with van der Waals surface area (Å²) in [6.07, 6.45) is 3.46. The van der Waals surface area contributed by atoms with E-state index in [1.165, 1.54) is 5.56 Å². The third-order valence-corrected chi connectivity index (χ3v) is 2.66. The number of hydrogen-bond donors (Lipinski definition) is 1. The molecule has 1 aromatic heterocycles. The van der Waals surface area contributed by atoms with Gasteiger partial charge in [0.15, 0.2) is 0 Å². The monoisotopic (exact) mass is 239 g/mol. The van der Waals surface area contributed by atoms with Gasteiger partial charge in [0.1, 0.15) is 0 Å². The van der Waals surface area contributed by atoms with Gasteiger partial charge in [0.2, 0.25) is 0 Å². The van der Waals surface area contributed by atoms with Crippen molar-refractivity contribution in [1.29, 1.82) is 0 Å². The van der Waals surface area contributed by atoms with Crippen LogP contribution in [0.1, 0.15) is 44.5 Å². The van der Waals surface area contributed by atoms with Gasteiger partial charge in [-0.1, -0.05) is 6.92 Å². The Labute approximate surface area is 104 Å². The number of hydrogen-bond acceptors (Lipinski definition) is 3. The molecule has 4 nitrogen and oxygen atoms in total. The minimum Gasteiger partial charge on any atom is -0.377 e. The molecule has 0 aromatic carbocycles. The molecule has 0 spiro atoms. The molecule has 0 fully saturated rings. The molecule has 1 unspecified atom stereocenters. The van der Waals surface area contributed by atoms with Crippen molar-refractivity contribution in [1.82, 2.24) is 15.1 Å². The largest absolute Gasteiger partial charge is 0.377 e. The maximum Gasteiger partial charge on any atom is 0.0666 e. The number of aromatic nitrogens is 2. The second-order valence-electron chi connectivity index (χ2n) is 4.73. The minimum atomic E-state index is 0.242. The van der Waals surface area contributed by atoms with E-state index >= 15 is 0 Å². The predicted molar refractivity (Wildman–Crippen MR) is 70.1 cm³/mol. The topological polar surface area (TPSA) is 39.1 Å². The molecule has 0 radical (unpaired) electrons. The van der Waals surface area contributed by atoms with Crippen LogP contribution in [0.4, 0.5) is 0 Å². The van der Waals surface area contributed by atoms with Crippen molar-refractivity contribution in [3.63, 3.8) is 0 Å². The van der Waals surface area contributed by atoms with Gasteiger partial charge in [-0.2, -0.15) is 5.10 Å². The second-order valence-corrected chi connectivity index (χ2v) is 4.73. The van der Waals surface area contributed by atoms with E-state index < -0.39 is 0 Å². The van der Waals surface area contributed by atoms with E-state index in [-0.39, 0.29) is 12.1 Å². The van der Waals surface area contributed by atoms with Crippen LogP contribution in [0.25, 0.3) is 0 Å². The average molecular weight is 239 g/mol. The van der Waals surface area contributed by atoms with Crippen molar-refractivity contribution in [2.24, 2.45) is 7.05 Å². The highest BCUT2D eigenvalue weighted by atomic mass is 16.5. The molecule has 0 bridgehead atoms. The number of aryl methyl sites for hydroxylation is 2. The molecular formula is C13H25N3O. The lowest BCUT2D eigenvalue weighted by molar-refractivity contribution is 0.0610. The Morgan fingerprint density at radius 1 is 1.47 bits per heavy atom. The van der Waals surface area contributed by atoms with E-state index in [1.807, 2.05) is 18.7 Å². The molecule has 1 heterocycles. The lowest BCUT2D eigenvalue weighted by atomic mass is 10.1. The average Bonchev–Trinajstić information content (AvgIpc) is 2.58. The van der Waals surface area contributed by atoms with Crippen LogP contribution in [0.2, 0.25) is 0 Å². The molecule has 0 amide bonds. The molecule has 0 aliphatic carbocycles. The molecule has 1 N–H and O–H groups in total. The molecule has 1 rings (SSSR count). The normalized spacial score (nSPS) is 13.3. The van der Waals surface area contributed by atoms with Gasteiger partial charge in [0, 0.05) is 18.8 Å². The van der Waals surface area contributed by atoms with Crippen LogP contribution in [0.15, 0.2) is 6.20 Å². The Hall–Kier alpha value is -0.870. The summed E-state index contributed by atoms with van der Waals surface area (Å²) in [4.78, 5) is 0. The van der Waals surface area contributed by atoms with Gasteiger partial charge in [-0.15, -0.1) is 0 Å². The van der Waals surface area contributed by atoms with Crippen LogP contribution >= 0.6 is 0 Å². The fourth-order valence-corrected chi connectivity index (χ4v) is 1.83. The zero-order valence-electron chi connectivity index (χ0n) is 11.7. The Morgan fingerprint density at radius 2 is 2.18 bits per heavy atom. The van der Waals surface area contributed by atoms with Gasteiger partial charge in [-0.3, -0.25) is 4.68 Å². The predicted octanol–water partition coefficient (Wildman–Crippen LogP) is 2.19. The number of rotatable bonds is 7. The van der Waals surface area contributed by atoms with Crippen LogP contribution in [-0.2, 0) is 11.8 Å². The summed E-state index contributed by atoms with van der Waals surface area (Å²) in [5, 5.41) is 7.91. The lowest BCUT2D eigenvalue weighted by Crippen LogP contribution is -2.27. The standard InChI is InChI=1S/C13H25N3O/c1-6-7-14-13(9-17-10(2)3)12-8-16(5)15-11(12)4/h8,10,13-14H,6-7,9H2,1-5H3. The highest BCUT2D eigenvalue weighted by molar-refractivity contribution is 5.20. The van der Waals surface area contributed by atoms with E-state index in [4.69, 9.17) is 4.74 Å². The number of nitrogens with one attached hydrogen (secondary N) is 1. The van der Waals surface area contributed by atoms with Crippen LogP contribution < -0.4 is 5.32 Å². The lowest BCUT2D eigenvalue weighted by Gasteiger charge is -2.19. The fourth-order valence-electron chi connectivity index (χ4n) is 1.83. The molecule has 0 saturated heterocycles. The summed E-state index contributed by atoms with van der Waals surface area (Å²) in [5.74, 6) is 0. The molecule has 4 heteroatoms. The number of ether oxygens (including phenoxy) is 1. The molecule has 1 atom stereocenters. The summed E-state index contributed by atoms with van der Waals surface area (Å²) in [6, 6.07) is 0.242. The van der Waals surface area contributed by atoms with E-state index in [9.17, 15) is 0 Å². The van der Waals surface area contributed by atoms with Gasteiger partial charge < -0.3 is 10.1 Å². The van der Waals surface area contributed by atoms with Gasteiger partial charge in [0.05, 0.1) is 24.4 Å². The molecular weight excluding hydrogens is 214 g/mol. The van der Waals surface area contributed by atoms with Crippen molar-refractivity contribution in [3.8, 4) is 0 Å². The SMILES string of the molecule is CCCNC(COC(C)C)c1cn(C)nc1C. The Balaban J connectivity index is 2.70. The summed E-state index contributed by atoms with van der Waals surface area (Å²) < 4.78 is 7.58.